The van der Waals surface area contributed by atoms with Crippen LogP contribution in [0.5, 0.6) is 0 Å². The number of aliphatic hydroxyl groups is 1. The summed E-state index contributed by atoms with van der Waals surface area (Å²) in [6.45, 7) is 3.06. The molecule has 2 aliphatic rings. The maximum atomic E-state index is 11.7. The van der Waals surface area contributed by atoms with Crippen molar-refractivity contribution in [3.63, 3.8) is 0 Å². The molecule has 2 rings (SSSR count). The quantitative estimate of drug-likeness (QED) is 0.520. The number of hydrogen-bond donors (Lipinski definition) is 3. The van der Waals surface area contributed by atoms with Crippen LogP contribution >= 0.6 is 0 Å². The van der Waals surface area contributed by atoms with Gasteiger partial charge in [0.05, 0.1) is 11.5 Å². The van der Waals surface area contributed by atoms with E-state index in [-0.39, 0.29) is 11.7 Å². The first kappa shape index (κ1) is 10.1. The van der Waals surface area contributed by atoms with Gasteiger partial charge in [-0.1, -0.05) is 0 Å². The van der Waals surface area contributed by atoms with Gasteiger partial charge >= 0.3 is 0 Å². The van der Waals surface area contributed by atoms with E-state index >= 15 is 0 Å². The standard InChI is InChI=1S/C10H18N2O2/c13-9-1-4-12-7-8(9)10(14)2-5-11-6-3-10/h8,11-12,14H,1-7H2. The zero-order chi connectivity index (χ0) is 10.0. The van der Waals surface area contributed by atoms with E-state index in [2.05, 4.69) is 10.6 Å². The van der Waals surface area contributed by atoms with Gasteiger partial charge in [0, 0.05) is 19.5 Å². The molecule has 0 saturated carbocycles. The molecule has 2 saturated heterocycles. The van der Waals surface area contributed by atoms with Crippen molar-refractivity contribution in [1.29, 1.82) is 0 Å². The van der Waals surface area contributed by atoms with Crippen molar-refractivity contribution in [1.82, 2.24) is 10.6 Å². The van der Waals surface area contributed by atoms with Gasteiger partial charge in [0.25, 0.3) is 0 Å². The lowest BCUT2D eigenvalue weighted by molar-refractivity contribution is -0.136. The summed E-state index contributed by atoms with van der Waals surface area (Å²) in [5.41, 5.74) is -0.754. The second-order valence-corrected chi connectivity index (χ2v) is 4.33. The Morgan fingerprint density at radius 3 is 2.57 bits per heavy atom. The van der Waals surface area contributed by atoms with Crippen LogP contribution in [0.1, 0.15) is 19.3 Å². The molecule has 4 nitrogen and oxygen atoms in total. The zero-order valence-corrected chi connectivity index (χ0v) is 8.38. The fraction of sp³-hybridized carbons (Fsp3) is 0.900. The molecule has 0 aromatic rings. The van der Waals surface area contributed by atoms with Crippen LogP contribution in [0.4, 0.5) is 0 Å². The lowest BCUT2D eigenvalue weighted by Gasteiger charge is -2.40. The highest BCUT2D eigenvalue weighted by atomic mass is 16.3. The number of carbonyl (C=O) groups excluding carboxylic acids is 1. The summed E-state index contributed by atoms with van der Waals surface area (Å²) in [5, 5.41) is 16.8. The van der Waals surface area contributed by atoms with Gasteiger partial charge in [-0.25, -0.2) is 0 Å². The van der Waals surface area contributed by atoms with Gasteiger partial charge in [-0.2, -0.15) is 0 Å². The minimum Gasteiger partial charge on any atom is -0.389 e. The third-order valence-corrected chi connectivity index (χ3v) is 3.40. The minimum atomic E-state index is -0.754. The van der Waals surface area contributed by atoms with Crippen molar-refractivity contribution in [2.24, 2.45) is 5.92 Å². The van der Waals surface area contributed by atoms with E-state index in [4.69, 9.17) is 0 Å². The molecule has 2 fully saturated rings. The van der Waals surface area contributed by atoms with Gasteiger partial charge in [-0.15, -0.1) is 0 Å². The number of rotatable bonds is 1. The van der Waals surface area contributed by atoms with Crippen molar-refractivity contribution in [3.05, 3.63) is 0 Å². The van der Waals surface area contributed by atoms with E-state index in [9.17, 15) is 9.90 Å². The molecule has 0 amide bonds. The monoisotopic (exact) mass is 198 g/mol. The van der Waals surface area contributed by atoms with Crippen LogP contribution in [-0.4, -0.2) is 42.7 Å². The molecule has 2 aliphatic heterocycles. The Balaban J connectivity index is 2.06. The Labute approximate surface area is 84.1 Å². The first-order chi connectivity index (χ1) is 6.72. The van der Waals surface area contributed by atoms with Gasteiger partial charge in [-0.3, -0.25) is 4.79 Å². The zero-order valence-electron chi connectivity index (χ0n) is 8.38. The van der Waals surface area contributed by atoms with E-state index in [1.807, 2.05) is 0 Å². The summed E-state index contributed by atoms with van der Waals surface area (Å²) in [4.78, 5) is 11.7. The van der Waals surface area contributed by atoms with Crippen LogP contribution in [0.15, 0.2) is 0 Å². The van der Waals surface area contributed by atoms with E-state index < -0.39 is 5.60 Å². The molecule has 3 N–H and O–H groups in total. The highest BCUT2D eigenvalue weighted by molar-refractivity contribution is 5.83. The first-order valence-electron chi connectivity index (χ1n) is 5.39. The van der Waals surface area contributed by atoms with E-state index in [1.165, 1.54) is 0 Å². The summed E-state index contributed by atoms with van der Waals surface area (Å²) < 4.78 is 0. The summed E-state index contributed by atoms with van der Waals surface area (Å²) in [7, 11) is 0. The predicted octanol–water partition coefficient (Wildman–Crippen LogP) is -0.720. The second-order valence-electron chi connectivity index (χ2n) is 4.33. The molecular weight excluding hydrogens is 180 g/mol. The Kier molecular flexibility index (Phi) is 2.85. The van der Waals surface area contributed by atoms with E-state index in [0.29, 0.717) is 25.8 Å². The molecule has 80 valence electrons. The summed E-state index contributed by atoms with van der Waals surface area (Å²) >= 11 is 0. The topological polar surface area (TPSA) is 61.4 Å². The third-order valence-electron chi connectivity index (χ3n) is 3.40. The van der Waals surface area contributed by atoms with Gasteiger partial charge in [-0.05, 0) is 25.9 Å². The van der Waals surface area contributed by atoms with E-state index in [0.717, 1.165) is 19.6 Å². The summed E-state index contributed by atoms with van der Waals surface area (Å²) in [6.07, 6.45) is 1.97. The molecule has 1 atom stereocenters. The smallest absolute Gasteiger partial charge is 0.141 e. The molecule has 0 radical (unpaired) electrons. The Bertz CT molecular complexity index is 224. The van der Waals surface area contributed by atoms with Crippen LogP contribution in [0.25, 0.3) is 0 Å². The second kappa shape index (κ2) is 3.96. The molecular formula is C10H18N2O2. The molecule has 0 bridgehead atoms. The van der Waals surface area contributed by atoms with Gasteiger partial charge < -0.3 is 15.7 Å². The van der Waals surface area contributed by atoms with Crippen LogP contribution in [0, 0.1) is 5.92 Å². The highest BCUT2D eigenvalue weighted by Gasteiger charge is 2.42. The van der Waals surface area contributed by atoms with Gasteiger partial charge in [0.1, 0.15) is 5.78 Å². The van der Waals surface area contributed by atoms with Gasteiger partial charge in [0.2, 0.25) is 0 Å². The predicted molar refractivity (Wildman–Crippen MR) is 53.0 cm³/mol. The molecule has 0 spiro atoms. The van der Waals surface area contributed by atoms with Gasteiger partial charge in [0.15, 0.2) is 0 Å². The average Bonchev–Trinajstić information content (AvgIpc) is 2.19. The molecule has 0 aromatic heterocycles. The maximum Gasteiger partial charge on any atom is 0.141 e. The molecule has 14 heavy (non-hydrogen) atoms. The number of nitrogens with one attached hydrogen (secondary N) is 2. The molecule has 4 heteroatoms. The largest absolute Gasteiger partial charge is 0.389 e. The fourth-order valence-electron chi connectivity index (χ4n) is 2.44. The van der Waals surface area contributed by atoms with Crippen LogP contribution in [0.3, 0.4) is 0 Å². The summed E-state index contributed by atoms with van der Waals surface area (Å²) in [6, 6.07) is 0. The number of Topliss-reactive ketones (excluding diaryl/α,β-unsaturated/α-hetero) is 1. The third kappa shape index (κ3) is 1.82. The molecule has 2 heterocycles. The molecule has 0 aromatic carbocycles. The lowest BCUT2D eigenvalue weighted by atomic mass is 9.76. The first-order valence-corrected chi connectivity index (χ1v) is 5.39. The Morgan fingerprint density at radius 1 is 1.21 bits per heavy atom. The minimum absolute atomic E-state index is 0.182. The highest BCUT2D eigenvalue weighted by Crippen LogP contribution is 2.29. The summed E-state index contributed by atoms with van der Waals surface area (Å²) in [5.74, 6) is 0.0477. The maximum absolute atomic E-state index is 11.7. The number of hydrogen-bond acceptors (Lipinski definition) is 4. The Morgan fingerprint density at radius 2 is 1.93 bits per heavy atom. The van der Waals surface area contributed by atoms with Crippen LogP contribution in [0.2, 0.25) is 0 Å². The van der Waals surface area contributed by atoms with Crippen molar-refractivity contribution in [2.45, 2.75) is 24.9 Å². The van der Waals surface area contributed by atoms with E-state index in [1.54, 1.807) is 0 Å². The lowest BCUT2D eigenvalue weighted by Crippen LogP contribution is -2.55. The normalized spacial score (nSPS) is 32.9. The van der Waals surface area contributed by atoms with Crippen LogP contribution < -0.4 is 10.6 Å². The number of piperidine rings is 2. The van der Waals surface area contributed by atoms with Crippen LogP contribution in [-0.2, 0) is 4.79 Å². The SMILES string of the molecule is O=C1CCNCC1C1(O)CCNCC1. The molecule has 0 aliphatic carbocycles. The Hall–Kier alpha value is -0.450. The average molecular weight is 198 g/mol. The number of carbonyl (C=O) groups is 1. The van der Waals surface area contributed by atoms with Crippen molar-refractivity contribution in [2.75, 3.05) is 26.2 Å². The van der Waals surface area contributed by atoms with Crippen molar-refractivity contribution < 1.29 is 9.90 Å². The van der Waals surface area contributed by atoms with Crippen molar-refractivity contribution in [3.8, 4) is 0 Å². The number of ketones is 1. The fourth-order valence-corrected chi connectivity index (χ4v) is 2.44. The van der Waals surface area contributed by atoms with Crippen molar-refractivity contribution >= 4 is 5.78 Å². The molecule has 1 unspecified atom stereocenters.